The molecule has 0 aromatic heterocycles. The molecular formula is C14H13. The molecule has 0 unspecified atom stereocenters. The van der Waals surface area contributed by atoms with E-state index in [0.29, 0.717) is 0 Å². The Hall–Kier alpha value is -1.56. The Morgan fingerprint density at radius 1 is 0.714 bits per heavy atom. The van der Waals surface area contributed by atoms with E-state index in [9.17, 15) is 0 Å². The summed E-state index contributed by atoms with van der Waals surface area (Å²) in [7, 11) is 0. The highest BCUT2D eigenvalue weighted by Crippen LogP contribution is 2.11. The molecule has 0 heteroatoms. The Balaban J connectivity index is 2.16. The Bertz CT molecular complexity index is 384. The van der Waals surface area contributed by atoms with Crippen molar-refractivity contribution in [3.8, 4) is 0 Å². The Morgan fingerprint density at radius 3 is 1.93 bits per heavy atom. The minimum atomic E-state index is 1.25. The third kappa shape index (κ3) is 2.23. The fourth-order valence-electron chi connectivity index (χ4n) is 1.40. The zero-order chi connectivity index (χ0) is 9.80. The Morgan fingerprint density at radius 2 is 1.29 bits per heavy atom. The molecule has 0 bridgehead atoms. The molecule has 1 radical (unpaired) electrons. The van der Waals surface area contributed by atoms with E-state index in [1.54, 1.807) is 0 Å². The molecule has 0 saturated heterocycles. The minimum absolute atomic E-state index is 1.25. The van der Waals surface area contributed by atoms with Crippen LogP contribution in [0.25, 0.3) is 0 Å². The van der Waals surface area contributed by atoms with E-state index in [1.165, 1.54) is 16.7 Å². The lowest BCUT2D eigenvalue weighted by molar-refractivity contribution is 1.39. The second-order valence-electron chi connectivity index (χ2n) is 3.47. The van der Waals surface area contributed by atoms with Crippen LogP contribution in [0, 0.1) is 13.3 Å². The van der Waals surface area contributed by atoms with Crippen LogP contribution in [0.2, 0.25) is 0 Å². The molecule has 0 aliphatic heterocycles. The second-order valence-corrected chi connectivity index (χ2v) is 3.47. The summed E-state index contributed by atoms with van der Waals surface area (Å²) in [4.78, 5) is 0. The van der Waals surface area contributed by atoms with Gasteiger partial charge in [0.2, 0.25) is 0 Å². The van der Waals surface area contributed by atoms with Crippen molar-refractivity contribution in [1.29, 1.82) is 0 Å². The lowest BCUT2D eigenvalue weighted by Crippen LogP contribution is -1.84. The van der Waals surface area contributed by atoms with Crippen LogP contribution < -0.4 is 0 Å². The molecule has 0 aliphatic rings. The molecule has 0 amide bonds. The van der Waals surface area contributed by atoms with Crippen molar-refractivity contribution in [2.75, 3.05) is 0 Å². The average molecular weight is 181 g/mol. The van der Waals surface area contributed by atoms with Crippen LogP contribution in [0.15, 0.2) is 54.6 Å². The van der Waals surface area contributed by atoms with Crippen molar-refractivity contribution < 1.29 is 0 Å². The SMILES string of the molecule is Cc1ccc([CH]c2ccccc2)cc1. The standard InChI is InChI=1S/C14H13/c1-12-7-9-14(10-8-12)11-13-5-3-2-4-6-13/h2-11H,1H3. The normalized spacial score (nSPS) is 10.1. The lowest BCUT2D eigenvalue weighted by atomic mass is 10.0. The van der Waals surface area contributed by atoms with Gasteiger partial charge in [-0.2, -0.15) is 0 Å². The first-order chi connectivity index (χ1) is 6.84. The molecule has 2 aromatic rings. The van der Waals surface area contributed by atoms with Crippen molar-refractivity contribution in [2.45, 2.75) is 6.92 Å². The monoisotopic (exact) mass is 181 g/mol. The maximum Gasteiger partial charge on any atom is 0.0199 e. The highest BCUT2D eigenvalue weighted by atomic mass is 14.0. The fraction of sp³-hybridized carbons (Fsp3) is 0.0714. The van der Waals surface area contributed by atoms with Crippen molar-refractivity contribution in [1.82, 2.24) is 0 Å². The van der Waals surface area contributed by atoms with Gasteiger partial charge >= 0.3 is 0 Å². The molecule has 0 fully saturated rings. The van der Waals surface area contributed by atoms with Gasteiger partial charge in [-0.25, -0.2) is 0 Å². The summed E-state index contributed by atoms with van der Waals surface area (Å²) in [5, 5.41) is 0. The van der Waals surface area contributed by atoms with Gasteiger partial charge in [-0.1, -0.05) is 60.2 Å². The van der Waals surface area contributed by atoms with Crippen molar-refractivity contribution in [3.05, 3.63) is 77.7 Å². The van der Waals surface area contributed by atoms with Gasteiger partial charge in [-0.3, -0.25) is 0 Å². The minimum Gasteiger partial charge on any atom is -0.0622 e. The average Bonchev–Trinajstić information content (AvgIpc) is 2.23. The second kappa shape index (κ2) is 4.10. The molecule has 2 rings (SSSR count). The molecule has 2 aromatic carbocycles. The number of aryl methyl sites for hydroxylation is 1. The maximum absolute atomic E-state index is 2.18. The van der Waals surface area contributed by atoms with E-state index in [1.807, 2.05) is 6.07 Å². The smallest absolute Gasteiger partial charge is 0.0199 e. The maximum atomic E-state index is 2.18. The largest absolute Gasteiger partial charge is 0.0622 e. The molecule has 14 heavy (non-hydrogen) atoms. The summed E-state index contributed by atoms with van der Waals surface area (Å²) < 4.78 is 0. The van der Waals surface area contributed by atoms with Crippen molar-refractivity contribution in [3.63, 3.8) is 0 Å². The van der Waals surface area contributed by atoms with Gasteiger partial charge in [-0.05, 0) is 18.1 Å². The first kappa shape index (κ1) is 9.01. The van der Waals surface area contributed by atoms with Crippen LogP contribution in [-0.2, 0) is 0 Å². The molecule has 0 nitrogen and oxygen atoms in total. The van der Waals surface area contributed by atoms with Gasteiger partial charge in [-0.15, -0.1) is 0 Å². The summed E-state index contributed by atoms with van der Waals surface area (Å²) in [6.45, 7) is 2.10. The predicted molar refractivity (Wildman–Crippen MR) is 60.1 cm³/mol. The first-order valence-corrected chi connectivity index (χ1v) is 4.81. The molecule has 0 N–H and O–H groups in total. The summed E-state index contributed by atoms with van der Waals surface area (Å²) in [5.74, 6) is 0. The van der Waals surface area contributed by atoms with E-state index in [-0.39, 0.29) is 0 Å². The third-order valence-electron chi connectivity index (χ3n) is 2.21. The highest BCUT2D eigenvalue weighted by molar-refractivity contribution is 5.37. The molecular weight excluding hydrogens is 168 g/mol. The van der Waals surface area contributed by atoms with Gasteiger partial charge in [0, 0.05) is 6.42 Å². The number of hydrogen-bond donors (Lipinski definition) is 0. The van der Waals surface area contributed by atoms with Crippen LogP contribution >= 0.6 is 0 Å². The van der Waals surface area contributed by atoms with E-state index in [4.69, 9.17) is 0 Å². The van der Waals surface area contributed by atoms with Gasteiger partial charge < -0.3 is 0 Å². The summed E-state index contributed by atoms with van der Waals surface area (Å²) in [6, 6.07) is 18.9. The number of hydrogen-bond acceptors (Lipinski definition) is 0. The van der Waals surface area contributed by atoms with Crippen LogP contribution in [0.3, 0.4) is 0 Å². The molecule has 0 atom stereocenters. The molecule has 0 spiro atoms. The Labute approximate surface area is 85.2 Å². The van der Waals surface area contributed by atoms with E-state index in [0.717, 1.165) is 0 Å². The highest BCUT2D eigenvalue weighted by Gasteiger charge is 1.94. The number of benzene rings is 2. The topological polar surface area (TPSA) is 0 Å². The van der Waals surface area contributed by atoms with Crippen LogP contribution in [0.5, 0.6) is 0 Å². The zero-order valence-electron chi connectivity index (χ0n) is 8.27. The van der Waals surface area contributed by atoms with Gasteiger partial charge in [0.25, 0.3) is 0 Å². The zero-order valence-corrected chi connectivity index (χ0v) is 8.27. The van der Waals surface area contributed by atoms with E-state index < -0.39 is 0 Å². The van der Waals surface area contributed by atoms with Crippen molar-refractivity contribution in [2.24, 2.45) is 0 Å². The summed E-state index contributed by atoms with van der Waals surface area (Å²) in [5.41, 5.74) is 3.80. The molecule has 69 valence electrons. The fourth-order valence-corrected chi connectivity index (χ4v) is 1.40. The molecule has 0 saturated carbocycles. The molecule has 0 aliphatic carbocycles. The van der Waals surface area contributed by atoms with Crippen LogP contribution in [0.1, 0.15) is 16.7 Å². The number of rotatable bonds is 2. The lowest BCUT2D eigenvalue weighted by Gasteiger charge is -2.01. The van der Waals surface area contributed by atoms with Gasteiger partial charge in [0.05, 0.1) is 0 Å². The van der Waals surface area contributed by atoms with Crippen molar-refractivity contribution >= 4 is 0 Å². The van der Waals surface area contributed by atoms with E-state index in [2.05, 4.69) is 61.9 Å². The van der Waals surface area contributed by atoms with Crippen LogP contribution in [-0.4, -0.2) is 0 Å². The van der Waals surface area contributed by atoms with Crippen LogP contribution in [0.4, 0.5) is 0 Å². The van der Waals surface area contributed by atoms with E-state index >= 15 is 0 Å². The quantitative estimate of drug-likeness (QED) is 0.664. The molecule has 0 heterocycles. The first-order valence-electron chi connectivity index (χ1n) is 4.81. The van der Waals surface area contributed by atoms with Gasteiger partial charge in [0.1, 0.15) is 0 Å². The summed E-state index contributed by atoms with van der Waals surface area (Å²) in [6.07, 6.45) is 2.18. The summed E-state index contributed by atoms with van der Waals surface area (Å²) >= 11 is 0. The predicted octanol–water partition coefficient (Wildman–Crippen LogP) is 3.60. The Kier molecular flexibility index (Phi) is 2.64. The third-order valence-corrected chi connectivity index (χ3v) is 2.21. The van der Waals surface area contributed by atoms with Gasteiger partial charge in [0.15, 0.2) is 0 Å².